The summed E-state index contributed by atoms with van der Waals surface area (Å²) in [4.78, 5) is 2.64. The Morgan fingerprint density at radius 1 is 1.35 bits per heavy atom. The molecule has 3 rings (SSSR count). The maximum absolute atomic E-state index is 6.03. The van der Waals surface area contributed by atoms with Gasteiger partial charge in [0, 0.05) is 32.3 Å². The molecule has 1 saturated heterocycles. The third-order valence-electron chi connectivity index (χ3n) is 5.07. The molecule has 3 unspecified atom stereocenters. The molecule has 2 N–H and O–H groups in total. The number of rotatable bonds is 3. The lowest BCUT2D eigenvalue weighted by molar-refractivity contribution is -0.00451. The van der Waals surface area contributed by atoms with Gasteiger partial charge in [0.25, 0.3) is 0 Å². The number of nitrogens with two attached hydrogens (primary N) is 1. The van der Waals surface area contributed by atoms with Gasteiger partial charge in [0.05, 0.1) is 6.10 Å². The summed E-state index contributed by atoms with van der Waals surface area (Å²) >= 11 is 0. The van der Waals surface area contributed by atoms with Gasteiger partial charge in [-0.05, 0) is 43.7 Å². The van der Waals surface area contributed by atoms with Gasteiger partial charge in [0.15, 0.2) is 0 Å². The van der Waals surface area contributed by atoms with E-state index in [0.29, 0.717) is 18.2 Å². The molecular weight excluding hydrogens is 248 g/mol. The van der Waals surface area contributed by atoms with Crippen LogP contribution in [0.5, 0.6) is 0 Å². The largest absolute Gasteiger partial charge is 0.381 e. The highest BCUT2D eigenvalue weighted by molar-refractivity contribution is 5.37. The number of nitrogens with zero attached hydrogens (tertiary/aromatic N) is 1. The number of ether oxygens (including phenoxy) is 1. The summed E-state index contributed by atoms with van der Waals surface area (Å²) in [7, 11) is 1.82. The van der Waals surface area contributed by atoms with E-state index in [-0.39, 0.29) is 0 Å². The van der Waals surface area contributed by atoms with E-state index in [2.05, 4.69) is 30.0 Å². The molecule has 3 heteroatoms. The van der Waals surface area contributed by atoms with Crippen LogP contribution in [0.1, 0.15) is 42.0 Å². The van der Waals surface area contributed by atoms with Gasteiger partial charge in [-0.2, -0.15) is 0 Å². The topological polar surface area (TPSA) is 38.5 Å². The lowest BCUT2D eigenvalue weighted by Gasteiger charge is -2.42. The molecule has 3 atom stereocenters. The molecule has 1 aliphatic carbocycles. The van der Waals surface area contributed by atoms with Gasteiger partial charge in [-0.25, -0.2) is 0 Å². The fourth-order valence-electron chi connectivity index (χ4n) is 3.93. The van der Waals surface area contributed by atoms with Crippen LogP contribution >= 0.6 is 0 Å². The lowest BCUT2D eigenvalue weighted by atomic mass is 9.94. The monoisotopic (exact) mass is 274 g/mol. The van der Waals surface area contributed by atoms with E-state index in [4.69, 9.17) is 10.5 Å². The molecule has 20 heavy (non-hydrogen) atoms. The summed E-state index contributed by atoms with van der Waals surface area (Å²) in [6.07, 6.45) is 5.04. The molecule has 1 fully saturated rings. The summed E-state index contributed by atoms with van der Waals surface area (Å²) in [5.74, 6) is 0. The highest BCUT2D eigenvalue weighted by Crippen LogP contribution is 2.39. The van der Waals surface area contributed by atoms with Crippen LogP contribution in [-0.2, 0) is 11.2 Å². The molecule has 1 aromatic rings. The van der Waals surface area contributed by atoms with E-state index in [1.807, 2.05) is 7.11 Å². The summed E-state index contributed by atoms with van der Waals surface area (Å²) in [5.41, 5.74) is 10.5. The van der Waals surface area contributed by atoms with Gasteiger partial charge >= 0.3 is 0 Å². The number of piperidine rings is 1. The summed E-state index contributed by atoms with van der Waals surface area (Å²) in [6.45, 7) is 4.03. The third-order valence-corrected chi connectivity index (χ3v) is 5.07. The summed E-state index contributed by atoms with van der Waals surface area (Å²) < 4.78 is 5.54. The second kappa shape index (κ2) is 5.84. The minimum absolute atomic E-state index is 0.387. The van der Waals surface area contributed by atoms with E-state index in [0.717, 1.165) is 25.9 Å². The molecule has 0 aromatic heterocycles. The molecule has 1 heterocycles. The van der Waals surface area contributed by atoms with Gasteiger partial charge < -0.3 is 10.5 Å². The number of hydrogen-bond donors (Lipinski definition) is 1. The Kier molecular flexibility index (Phi) is 4.11. The Morgan fingerprint density at radius 3 is 2.95 bits per heavy atom. The van der Waals surface area contributed by atoms with Crippen LogP contribution in [0.3, 0.4) is 0 Å². The summed E-state index contributed by atoms with van der Waals surface area (Å²) in [5, 5.41) is 0. The highest BCUT2D eigenvalue weighted by Gasteiger charge is 2.35. The van der Waals surface area contributed by atoms with Crippen LogP contribution in [0.2, 0.25) is 0 Å². The van der Waals surface area contributed by atoms with Crippen LogP contribution in [0, 0.1) is 6.92 Å². The fourth-order valence-corrected chi connectivity index (χ4v) is 3.93. The molecule has 0 radical (unpaired) electrons. The predicted molar refractivity (Wildman–Crippen MR) is 81.8 cm³/mol. The maximum Gasteiger partial charge on any atom is 0.0599 e. The molecule has 3 nitrogen and oxygen atoms in total. The normalized spacial score (nSPS) is 30.4. The molecule has 0 amide bonds. The smallest absolute Gasteiger partial charge is 0.0599 e. The van der Waals surface area contributed by atoms with E-state index < -0.39 is 0 Å². The van der Waals surface area contributed by atoms with Gasteiger partial charge in [-0.1, -0.05) is 23.8 Å². The Labute approximate surface area is 122 Å². The summed E-state index contributed by atoms with van der Waals surface area (Å²) in [6, 6.07) is 7.95. The minimum Gasteiger partial charge on any atom is -0.381 e. The number of aryl methyl sites for hydroxylation is 2. The molecule has 110 valence electrons. The molecule has 0 bridgehead atoms. The lowest BCUT2D eigenvalue weighted by Crippen LogP contribution is -2.49. The zero-order valence-electron chi connectivity index (χ0n) is 12.6. The maximum atomic E-state index is 6.03. The van der Waals surface area contributed by atoms with Crippen molar-refractivity contribution < 1.29 is 4.74 Å². The zero-order valence-corrected chi connectivity index (χ0v) is 12.6. The quantitative estimate of drug-likeness (QED) is 0.920. The highest BCUT2D eigenvalue weighted by atomic mass is 16.5. The van der Waals surface area contributed by atoms with Crippen LogP contribution in [-0.4, -0.2) is 37.2 Å². The van der Waals surface area contributed by atoms with Crippen molar-refractivity contribution in [1.82, 2.24) is 4.90 Å². The van der Waals surface area contributed by atoms with Crippen molar-refractivity contribution in [3.05, 3.63) is 34.9 Å². The van der Waals surface area contributed by atoms with Crippen LogP contribution in [0.25, 0.3) is 0 Å². The molecule has 2 aliphatic rings. The van der Waals surface area contributed by atoms with E-state index in [9.17, 15) is 0 Å². The Balaban J connectivity index is 1.82. The molecule has 1 aromatic carbocycles. The van der Waals surface area contributed by atoms with Crippen LogP contribution in [0.15, 0.2) is 18.2 Å². The van der Waals surface area contributed by atoms with Crippen molar-refractivity contribution in [2.75, 3.05) is 20.2 Å². The van der Waals surface area contributed by atoms with Crippen molar-refractivity contribution in [2.24, 2.45) is 5.73 Å². The fraction of sp³-hybridized carbons (Fsp3) is 0.647. The molecule has 1 aliphatic heterocycles. The number of hydrogen-bond acceptors (Lipinski definition) is 3. The van der Waals surface area contributed by atoms with Crippen molar-refractivity contribution >= 4 is 0 Å². The molecular formula is C17H26N2O. The van der Waals surface area contributed by atoms with E-state index in [1.165, 1.54) is 24.0 Å². The second-order valence-electron chi connectivity index (χ2n) is 6.27. The van der Waals surface area contributed by atoms with E-state index in [1.54, 1.807) is 5.56 Å². The standard InChI is InChI=1S/C17H26N2O/c1-12-3-4-13-5-6-17(16(13)9-12)19-8-7-15(20-2)10-14(19)11-18/h3-4,9,14-15,17H,5-8,10-11,18H2,1-2H3. The van der Waals surface area contributed by atoms with Crippen molar-refractivity contribution in [1.29, 1.82) is 0 Å². The first-order valence-corrected chi connectivity index (χ1v) is 7.81. The Morgan fingerprint density at radius 2 is 2.20 bits per heavy atom. The first kappa shape index (κ1) is 14.1. The number of benzene rings is 1. The van der Waals surface area contributed by atoms with Gasteiger partial charge in [-0.15, -0.1) is 0 Å². The average molecular weight is 274 g/mol. The number of likely N-dealkylation sites (tertiary alicyclic amines) is 1. The Bertz CT molecular complexity index is 474. The second-order valence-corrected chi connectivity index (χ2v) is 6.27. The average Bonchev–Trinajstić information content (AvgIpc) is 2.89. The van der Waals surface area contributed by atoms with Crippen molar-refractivity contribution in [3.63, 3.8) is 0 Å². The minimum atomic E-state index is 0.387. The zero-order chi connectivity index (χ0) is 14.1. The molecule has 0 spiro atoms. The third kappa shape index (κ3) is 2.50. The first-order valence-electron chi connectivity index (χ1n) is 7.81. The van der Waals surface area contributed by atoms with Crippen molar-refractivity contribution in [2.45, 2.75) is 50.8 Å². The van der Waals surface area contributed by atoms with Crippen LogP contribution < -0.4 is 5.73 Å². The first-order chi connectivity index (χ1) is 9.72. The van der Waals surface area contributed by atoms with E-state index >= 15 is 0 Å². The predicted octanol–water partition coefficient (Wildman–Crippen LogP) is 2.42. The number of fused-ring (bicyclic) bond motifs is 1. The van der Waals surface area contributed by atoms with Crippen molar-refractivity contribution in [3.8, 4) is 0 Å². The Hall–Kier alpha value is -0.900. The molecule has 0 saturated carbocycles. The van der Waals surface area contributed by atoms with Crippen LogP contribution in [0.4, 0.5) is 0 Å². The number of methoxy groups -OCH3 is 1. The SMILES string of the molecule is COC1CCN(C2CCc3ccc(C)cc32)C(CN)C1. The van der Waals surface area contributed by atoms with Gasteiger partial charge in [0.1, 0.15) is 0 Å². The van der Waals surface area contributed by atoms with Gasteiger partial charge in [-0.3, -0.25) is 4.90 Å². The van der Waals surface area contributed by atoms with Gasteiger partial charge in [0.2, 0.25) is 0 Å².